The first-order valence-corrected chi connectivity index (χ1v) is 10.9. The molecule has 146 valence electrons. The highest BCUT2D eigenvalue weighted by molar-refractivity contribution is 8.15. The summed E-state index contributed by atoms with van der Waals surface area (Å²) in [7, 11) is 0. The van der Waals surface area contributed by atoms with Crippen LogP contribution >= 0.6 is 11.8 Å². The van der Waals surface area contributed by atoms with E-state index >= 15 is 0 Å². The van der Waals surface area contributed by atoms with Crippen LogP contribution in [0.3, 0.4) is 0 Å². The van der Waals surface area contributed by atoms with Crippen LogP contribution in [0.2, 0.25) is 0 Å². The van der Waals surface area contributed by atoms with Gasteiger partial charge >= 0.3 is 0 Å². The zero-order valence-electron chi connectivity index (χ0n) is 16.3. The molecule has 4 aromatic rings. The first-order chi connectivity index (χ1) is 14.7. The first kappa shape index (κ1) is 17.5. The van der Waals surface area contributed by atoms with E-state index in [2.05, 4.69) is 55.5 Å². The number of rotatable bonds is 2. The summed E-state index contributed by atoms with van der Waals surface area (Å²) in [5, 5.41) is 4.17. The molecule has 1 aromatic heterocycles. The van der Waals surface area contributed by atoms with Gasteiger partial charge in [0.1, 0.15) is 11.3 Å². The fraction of sp³-hybridized carbons (Fsp3) is 0.120. The molecule has 0 bridgehead atoms. The van der Waals surface area contributed by atoms with Gasteiger partial charge in [-0.25, -0.2) is 4.99 Å². The summed E-state index contributed by atoms with van der Waals surface area (Å²) in [6.45, 7) is 2.06. The molecule has 4 nitrogen and oxygen atoms in total. The van der Waals surface area contributed by atoms with Gasteiger partial charge in [0.05, 0.1) is 11.8 Å². The molecule has 5 heteroatoms. The molecule has 0 spiro atoms. The molecule has 30 heavy (non-hydrogen) atoms. The maximum atomic E-state index is 12.6. The van der Waals surface area contributed by atoms with Gasteiger partial charge in [0.25, 0.3) is 0 Å². The molecule has 2 aliphatic rings. The third kappa shape index (κ3) is 2.70. The van der Waals surface area contributed by atoms with Gasteiger partial charge in [-0.3, -0.25) is 9.69 Å². The molecule has 0 N–H and O–H groups in total. The van der Waals surface area contributed by atoms with Gasteiger partial charge in [-0.05, 0) is 41.5 Å². The molecule has 0 radical (unpaired) electrons. The summed E-state index contributed by atoms with van der Waals surface area (Å²) in [4.78, 5) is 19.1. The third-order valence-electron chi connectivity index (χ3n) is 5.71. The van der Waals surface area contributed by atoms with E-state index < -0.39 is 0 Å². The molecule has 1 unspecified atom stereocenters. The van der Waals surface area contributed by atoms with Crippen molar-refractivity contribution in [2.45, 2.75) is 13.0 Å². The Morgan fingerprint density at radius 2 is 1.87 bits per heavy atom. The minimum absolute atomic E-state index is 0.0928. The summed E-state index contributed by atoms with van der Waals surface area (Å²) in [5.74, 6) is 1.24. The van der Waals surface area contributed by atoms with Crippen LogP contribution in [-0.2, 0) is 4.79 Å². The molecule has 3 heterocycles. The van der Waals surface area contributed by atoms with Crippen LogP contribution in [0.25, 0.3) is 27.4 Å². The predicted molar refractivity (Wildman–Crippen MR) is 122 cm³/mol. The van der Waals surface area contributed by atoms with Gasteiger partial charge in [-0.1, -0.05) is 71.9 Å². The number of fused-ring (bicyclic) bond motifs is 4. The lowest BCUT2D eigenvalue weighted by atomic mass is 10.0. The minimum Gasteiger partial charge on any atom is -0.454 e. The Kier molecular flexibility index (Phi) is 3.86. The van der Waals surface area contributed by atoms with Crippen molar-refractivity contribution < 1.29 is 9.21 Å². The highest BCUT2D eigenvalue weighted by Crippen LogP contribution is 2.40. The van der Waals surface area contributed by atoms with E-state index in [1.807, 2.05) is 24.3 Å². The van der Waals surface area contributed by atoms with E-state index in [4.69, 9.17) is 9.41 Å². The molecule has 1 amide bonds. The lowest BCUT2D eigenvalue weighted by molar-refractivity contribution is -0.125. The van der Waals surface area contributed by atoms with Crippen LogP contribution in [0.15, 0.2) is 82.2 Å². The number of thioether (sulfide) groups is 1. The number of aliphatic imine (C=N–C) groups is 1. The molecular weight excluding hydrogens is 392 g/mol. The Bertz CT molecular complexity index is 1380. The molecule has 1 fully saturated rings. The summed E-state index contributed by atoms with van der Waals surface area (Å²) in [5.41, 5.74) is 3.88. The van der Waals surface area contributed by atoms with Gasteiger partial charge in [0, 0.05) is 5.39 Å². The second-order valence-electron chi connectivity index (χ2n) is 7.66. The molecule has 2 aliphatic heterocycles. The topological polar surface area (TPSA) is 45.8 Å². The maximum Gasteiger partial charge on any atom is 0.239 e. The zero-order valence-corrected chi connectivity index (χ0v) is 17.1. The van der Waals surface area contributed by atoms with Gasteiger partial charge in [-0.2, -0.15) is 0 Å². The van der Waals surface area contributed by atoms with Crippen LogP contribution in [0, 0.1) is 6.92 Å². The van der Waals surface area contributed by atoms with Gasteiger partial charge in [-0.15, -0.1) is 0 Å². The number of amides is 1. The fourth-order valence-electron chi connectivity index (χ4n) is 4.16. The Hall–Kier alpha value is -3.31. The summed E-state index contributed by atoms with van der Waals surface area (Å²) in [6.07, 6.45) is 2.04. The predicted octanol–water partition coefficient (Wildman–Crippen LogP) is 5.92. The molecule has 0 aliphatic carbocycles. The third-order valence-corrected chi connectivity index (χ3v) is 6.64. The number of benzene rings is 3. The summed E-state index contributed by atoms with van der Waals surface area (Å²) in [6, 6.07) is 22.6. The van der Waals surface area contributed by atoms with Crippen molar-refractivity contribution in [3.63, 3.8) is 0 Å². The van der Waals surface area contributed by atoms with Crippen LogP contribution in [-0.4, -0.2) is 21.7 Å². The van der Waals surface area contributed by atoms with Crippen molar-refractivity contribution in [3.8, 4) is 0 Å². The van der Waals surface area contributed by atoms with Crippen LogP contribution < -0.4 is 0 Å². The average Bonchev–Trinajstić information content (AvgIpc) is 3.38. The zero-order chi connectivity index (χ0) is 20.2. The van der Waals surface area contributed by atoms with Crippen LogP contribution in [0.1, 0.15) is 22.9 Å². The standard InChI is InChI=1S/C25H18N2O2S/c1-15-6-8-17(9-7-15)21-13-20(26-25-27(21)24(28)14-30-25)23-12-19-18-5-3-2-4-16(18)10-11-22(19)29-23/h2-13,21H,14H2,1H3. The van der Waals surface area contributed by atoms with E-state index in [-0.39, 0.29) is 11.9 Å². The maximum absolute atomic E-state index is 12.6. The molecule has 1 atom stereocenters. The van der Waals surface area contributed by atoms with Crippen molar-refractivity contribution >= 4 is 50.3 Å². The summed E-state index contributed by atoms with van der Waals surface area (Å²) >= 11 is 1.49. The smallest absolute Gasteiger partial charge is 0.239 e. The average molecular weight is 410 g/mol. The molecule has 1 saturated heterocycles. The Balaban J connectivity index is 1.51. The number of furan rings is 1. The lowest BCUT2D eigenvalue weighted by Crippen LogP contribution is -2.34. The van der Waals surface area contributed by atoms with Crippen molar-refractivity contribution in [2.75, 3.05) is 5.75 Å². The lowest BCUT2D eigenvalue weighted by Gasteiger charge is -2.29. The Labute approximate surface area is 177 Å². The Morgan fingerprint density at radius 3 is 2.73 bits per heavy atom. The molecular formula is C25H18N2O2S. The quantitative estimate of drug-likeness (QED) is 0.412. The first-order valence-electron chi connectivity index (χ1n) is 9.91. The largest absolute Gasteiger partial charge is 0.454 e. The van der Waals surface area contributed by atoms with E-state index in [1.165, 1.54) is 22.7 Å². The van der Waals surface area contributed by atoms with Crippen molar-refractivity contribution in [1.29, 1.82) is 0 Å². The van der Waals surface area contributed by atoms with Gasteiger partial charge < -0.3 is 4.42 Å². The SMILES string of the molecule is Cc1ccc(C2C=C(c3cc4c(ccc5ccccc54)o3)N=C3SCC(=O)N32)cc1. The minimum atomic E-state index is -0.180. The molecule has 6 rings (SSSR count). The molecule has 3 aromatic carbocycles. The normalized spacial score (nSPS) is 18.6. The van der Waals surface area contributed by atoms with Crippen LogP contribution in [0.4, 0.5) is 0 Å². The number of carbonyl (C=O) groups excluding carboxylic acids is 1. The van der Waals surface area contributed by atoms with E-state index in [0.717, 1.165) is 38.5 Å². The highest BCUT2D eigenvalue weighted by Gasteiger charge is 2.37. The van der Waals surface area contributed by atoms with Crippen molar-refractivity contribution in [1.82, 2.24) is 4.90 Å². The number of aryl methyl sites for hydroxylation is 1. The van der Waals surface area contributed by atoms with Crippen molar-refractivity contribution in [3.05, 3.63) is 89.7 Å². The molecule has 0 saturated carbocycles. The fourth-order valence-corrected chi connectivity index (χ4v) is 5.07. The van der Waals surface area contributed by atoms with Gasteiger partial charge in [0.2, 0.25) is 5.91 Å². The highest BCUT2D eigenvalue weighted by atomic mass is 32.2. The monoisotopic (exact) mass is 410 g/mol. The number of hydrogen-bond acceptors (Lipinski definition) is 4. The number of amidine groups is 1. The number of nitrogens with zero attached hydrogens (tertiary/aromatic N) is 2. The second kappa shape index (κ2) is 6.61. The van der Waals surface area contributed by atoms with Gasteiger partial charge in [0.15, 0.2) is 10.9 Å². The van der Waals surface area contributed by atoms with E-state index in [9.17, 15) is 4.79 Å². The number of hydrogen-bond donors (Lipinski definition) is 0. The van der Waals surface area contributed by atoms with E-state index in [1.54, 1.807) is 4.90 Å². The second-order valence-corrected chi connectivity index (χ2v) is 8.61. The van der Waals surface area contributed by atoms with Crippen LogP contribution in [0.5, 0.6) is 0 Å². The van der Waals surface area contributed by atoms with Crippen molar-refractivity contribution in [2.24, 2.45) is 4.99 Å². The Morgan fingerprint density at radius 1 is 1.03 bits per heavy atom. The summed E-state index contributed by atoms with van der Waals surface area (Å²) < 4.78 is 6.21. The number of carbonyl (C=O) groups is 1. The van der Waals surface area contributed by atoms with E-state index in [0.29, 0.717) is 5.75 Å².